The lowest BCUT2D eigenvalue weighted by atomic mass is 9.99. The number of hydrogen-bond acceptors (Lipinski definition) is 3. The second-order valence-electron chi connectivity index (χ2n) is 6.91. The van der Waals surface area contributed by atoms with Crippen molar-refractivity contribution in [3.63, 3.8) is 0 Å². The van der Waals surface area contributed by atoms with Gasteiger partial charge in [-0.2, -0.15) is 0 Å². The third-order valence-electron chi connectivity index (χ3n) is 5.14. The molecule has 4 rings (SSSR count). The molecule has 2 aromatic rings. The molecule has 6 nitrogen and oxygen atoms in total. The highest BCUT2D eigenvalue weighted by Gasteiger charge is 2.20. The molecular formula is C20H22N4O2. The first kappa shape index (κ1) is 16.6. The highest BCUT2D eigenvalue weighted by atomic mass is 16.2. The lowest BCUT2D eigenvalue weighted by Gasteiger charge is -2.26. The summed E-state index contributed by atoms with van der Waals surface area (Å²) in [6, 6.07) is 3.87. The summed E-state index contributed by atoms with van der Waals surface area (Å²) < 4.78 is 1.97. The number of nitrogens with zero attached hydrogens (tertiary/aromatic N) is 3. The normalized spacial score (nSPS) is 20.2. The quantitative estimate of drug-likeness (QED) is 0.924. The van der Waals surface area contributed by atoms with Crippen molar-refractivity contribution in [1.82, 2.24) is 14.5 Å². The van der Waals surface area contributed by atoms with Gasteiger partial charge < -0.3 is 15.2 Å². The van der Waals surface area contributed by atoms with Crippen molar-refractivity contribution >= 4 is 28.5 Å². The number of allylic oxidation sites excluding steroid dienone is 3. The van der Waals surface area contributed by atoms with Gasteiger partial charge in [-0.1, -0.05) is 12.2 Å². The summed E-state index contributed by atoms with van der Waals surface area (Å²) in [5.74, 6) is -0.497. The molecule has 0 bridgehead atoms. The molecule has 2 aliphatic rings. The maximum atomic E-state index is 12.7. The van der Waals surface area contributed by atoms with Crippen LogP contribution < -0.4 is 5.73 Å². The number of rotatable bonds is 3. The van der Waals surface area contributed by atoms with Crippen molar-refractivity contribution in [1.29, 1.82) is 0 Å². The van der Waals surface area contributed by atoms with E-state index in [1.54, 1.807) is 6.20 Å². The van der Waals surface area contributed by atoms with Gasteiger partial charge in [0.1, 0.15) is 5.65 Å². The standard InChI is InChI=1S/C20H22N4O2/c21-18(25)14-4-6-17(7-5-14)24-11-8-15-12-16(13-22-19(15)24)20(26)23-9-2-1-3-10-23/h4,6-8,11-14H,1-3,5,9-10H2,(H2,21,25). The van der Waals surface area contributed by atoms with Crippen LogP contribution in [0.25, 0.3) is 16.7 Å². The Hall–Kier alpha value is -2.89. The molecule has 2 amide bonds. The van der Waals surface area contributed by atoms with Gasteiger partial charge in [0.15, 0.2) is 0 Å². The Morgan fingerprint density at radius 2 is 2.00 bits per heavy atom. The fourth-order valence-corrected chi connectivity index (χ4v) is 3.63. The van der Waals surface area contributed by atoms with Crippen molar-refractivity contribution < 1.29 is 9.59 Å². The van der Waals surface area contributed by atoms with E-state index in [0.717, 1.165) is 42.7 Å². The second kappa shape index (κ2) is 6.78. The van der Waals surface area contributed by atoms with Gasteiger partial charge in [-0.05, 0) is 43.9 Å². The van der Waals surface area contributed by atoms with E-state index in [-0.39, 0.29) is 17.7 Å². The molecule has 0 radical (unpaired) electrons. The molecule has 1 fully saturated rings. The zero-order valence-corrected chi connectivity index (χ0v) is 14.6. The van der Waals surface area contributed by atoms with Gasteiger partial charge in [0, 0.05) is 36.6 Å². The number of aromatic nitrogens is 2. The molecule has 134 valence electrons. The van der Waals surface area contributed by atoms with Crippen LogP contribution in [0.4, 0.5) is 0 Å². The fourth-order valence-electron chi connectivity index (χ4n) is 3.63. The minimum absolute atomic E-state index is 0.0629. The zero-order valence-electron chi connectivity index (χ0n) is 14.6. The largest absolute Gasteiger partial charge is 0.369 e. The third kappa shape index (κ3) is 3.03. The topological polar surface area (TPSA) is 81.2 Å². The van der Waals surface area contributed by atoms with E-state index in [0.29, 0.717) is 12.0 Å². The Morgan fingerprint density at radius 3 is 2.69 bits per heavy atom. The van der Waals surface area contributed by atoms with Crippen LogP contribution in [-0.4, -0.2) is 39.4 Å². The lowest BCUT2D eigenvalue weighted by Crippen LogP contribution is -2.35. The van der Waals surface area contributed by atoms with Crippen molar-refractivity contribution in [3.05, 3.63) is 48.3 Å². The van der Waals surface area contributed by atoms with Gasteiger partial charge in [0.2, 0.25) is 5.91 Å². The van der Waals surface area contributed by atoms with E-state index in [9.17, 15) is 9.59 Å². The molecule has 0 spiro atoms. The summed E-state index contributed by atoms with van der Waals surface area (Å²) in [6.07, 6.45) is 13.3. The van der Waals surface area contributed by atoms with Crippen molar-refractivity contribution in [2.45, 2.75) is 25.7 Å². The molecular weight excluding hydrogens is 328 g/mol. The zero-order chi connectivity index (χ0) is 18.1. The van der Waals surface area contributed by atoms with E-state index in [1.165, 1.54) is 6.42 Å². The lowest BCUT2D eigenvalue weighted by molar-refractivity contribution is -0.120. The Bertz CT molecular complexity index is 919. The number of likely N-dealkylation sites (tertiary alicyclic amines) is 1. The minimum Gasteiger partial charge on any atom is -0.369 e. The van der Waals surface area contributed by atoms with Crippen molar-refractivity contribution in [2.24, 2.45) is 11.7 Å². The van der Waals surface area contributed by atoms with Crippen LogP contribution in [0.2, 0.25) is 0 Å². The number of pyridine rings is 1. The molecule has 1 aliphatic carbocycles. The number of nitrogens with two attached hydrogens (primary N) is 1. The Morgan fingerprint density at radius 1 is 1.19 bits per heavy atom. The van der Waals surface area contributed by atoms with Gasteiger partial charge >= 0.3 is 0 Å². The van der Waals surface area contributed by atoms with Crippen molar-refractivity contribution in [3.8, 4) is 0 Å². The average Bonchev–Trinajstić information content (AvgIpc) is 3.11. The molecule has 6 heteroatoms. The monoisotopic (exact) mass is 350 g/mol. The summed E-state index contributed by atoms with van der Waals surface area (Å²) in [6.45, 7) is 1.66. The van der Waals surface area contributed by atoms with Gasteiger partial charge in [0.25, 0.3) is 5.91 Å². The third-order valence-corrected chi connectivity index (χ3v) is 5.14. The predicted molar refractivity (Wildman–Crippen MR) is 100 cm³/mol. The van der Waals surface area contributed by atoms with Gasteiger partial charge in [-0.15, -0.1) is 0 Å². The number of primary amides is 1. The summed E-state index contributed by atoms with van der Waals surface area (Å²) in [7, 11) is 0. The van der Waals surface area contributed by atoms with E-state index in [4.69, 9.17) is 5.73 Å². The van der Waals surface area contributed by atoms with Gasteiger partial charge in [0.05, 0.1) is 11.5 Å². The summed E-state index contributed by atoms with van der Waals surface area (Å²) >= 11 is 0. The number of fused-ring (bicyclic) bond motifs is 1. The Labute approximate surface area is 152 Å². The highest BCUT2D eigenvalue weighted by molar-refractivity contribution is 5.97. The summed E-state index contributed by atoms with van der Waals surface area (Å²) in [5.41, 5.74) is 7.75. The summed E-state index contributed by atoms with van der Waals surface area (Å²) in [5, 5.41) is 0.930. The minimum atomic E-state index is -0.312. The molecule has 26 heavy (non-hydrogen) atoms. The first-order chi connectivity index (χ1) is 12.6. The molecule has 1 aliphatic heterocycles. The Balaban J connectivity index is 1.59. The molecule has 2 aromatic heterocycles. The van der Waals surface area contributed by atoms with Crippen LogP contribution in [0.1, 0.15) is 36.0 Å². The van der Waals surface area contributed by atoms with Crippen LogP contribution >= 0.6 is 0 Å². The maximum absolute atomic E-state index is 12.7. The predicted octanol–water partition coefficient (Wildman–Crippen LogP) is 2.56. The second-order valence-corrected chi connectivity index (χ2v) is 6.91. The number of hydrogen-bond donors (Lipinski definition) is 1. The summed E-state index contributed by atoms with van der Waals surface area (Å²) in [4.78, 5) is 30.4. The molecule has 3 heterocycles. The SMILES string of the molecule is NC(=O)C1C=CC(n2ccc3cc(C(=O)N4CCCCC4)cnc32)=CC1. The van der Waals surface area contributed by atoms with Gasteiger partial charge in [-0.3, -0.25) is 9.59 Å². The van der Waals surface area contributed by atoms with Crippen LogP contribution in [0.5, 0.6) is 0 Å². The van der Waals surface area contributed by atoms with E-state index >= 15 is 0 Å². The number of amides is 2. The molecule has 0 saturated carbocycles. The van der Waals surface area contributed by atoms with E-state index in [1.807, 2.05) is 46.0 Å². The van der Waals surface area contributed by atoms with Crippen molar-refractivity contribution in [2.75, 3.05) is 13.1 Å². The number of carbonyl (C=O) groups is 2. The molecule has 1 atom stereocenters. The Kier molecular flexibility index (Phi) is 4.32. The first-order valence-electron chi connectivity index (χ1n) is 9.08. The molecule has 2 N–H and O–H groups in total. The van der Waals surface area contributed by atoms with Crippen LogP contribution in [0.3, 0.4) is 0 Å². The van der Waals surface area contributed by atoms with Crippen LogP contribution in [-0.2, 0) is 4.79 Å². The number of carbonyl (C=O) groups excluding carboxylic acids is 2. The highest BCUT2D eigenvalue weighted by Crippen LogP contribution is 2.25. The molecule has 0 aromatic carbocycles. The van der Waals surface area contributed by atoms with E-state index < -0.39 is 0 Å². The maximum Gasteiger partial charge on any atom is 0.255 e. The smallest absolute Gasteiger partial charge is 0.255 e. The fraction of sp³-hybridized carbons (Fsp3) is 0.350. The molecule has 1 unspecified atom stereocenters. The van der Waals surface area contributed by atoms with Crippen LogP contribution in [0, 0.1) is 5.92 Å². The number of piperidine rings is 1. The van der Waals surface area contributed by atoms with Gasteiger partial charge in [-0.25, -0.2) is 4.98 Å². The van der Waals surface area contributed by atoms with Crippen LogP contribution in [0.15, 0.2) is 42.8 Å². The van der Waals surface area contributed by atoms with E-state index in [2.05, 4.69) is 4.98 Å². The average molecular weight is 350 g/mol. The first-order valence-corrected chi connectivity index (χ1v) is 9.08. The molecule has 1 saturated heterocycles.